The zero-order valence-electron chi connectivity index (χ0n) is 15.0. The standard InChI is InChI=1S/C18H30N4O.HI/c1-14(2)11-22-9-8-15(12-22)10-20-18(19)21-17-7-5-4-6-16(17)13-23-3;/h4-7,14-15H,8-13H2,1-3H3,(H3,19,20,21);1H. The van der Waals surface area contributed by atoms with Crippen LogP contribution in [0, 0.1) is 11.8 Å². The van der Waals surface area contributed by atoms with Crippen LogP contribution in [0.1, 0.15) is 25.8 Å². The molecule has 1 heterocycles. The number of hydrogen-bond donors (Lipinski definition) is 2. The molecule has 1 aliphatic heterocycles. The fourth-order valence-corrected chi connectivity index (χ4v) is 3.07. The van der Waals surface area contributed by atoms with Gasteiger partial charge in [-0.3, -0.25) is 4.99 Å². The van der Waals surface area contributed by atoms with E-state index in [1.165, 1.54) is 19.5 Å². The Kier molecular flexibility index (Phi) is 9.61. The maximum atomic E-state index is 6.05. The van der Waals surface area contributed by atoms with Crippen LogP contribution in [0.25, 0.3) is 0 Å². The van der Waals surface area contributed by atoms with E-state index < -0.39 is 0 Å². The topological polar surface area (TPSA) is 62.9 Å². The maximum absolute atomic E-state index is 6.05. The van der Waals surface area contributed by atoms with Gasteiger partial charge in [0, 0.05) is 38.0 Å². The molecule has 24 heavy (non-hydrogen) atoms. The van der Waals surface area contributed by atoms with Gasteiger partial charge in [-0.1, -0.05) is 32.0 Å². The summed E-state index contributed by atoms with van der Waals surface area (Å²) in [6.07, 6.45) is 1.21. The van der Waals surface area contributed by atoms with E-state index in [1.54, 1.807) is 7.11 Å². The van der Waals surface area contributed by atoms with Crippen molar-refractivity contribution in [2.45, 2.75) is 26.9 Å². The van der Waals surface area contributed by atoms with Crippen LogP contribution in [-0.2, 0) is 11.3 Å². The minimum absolute atomic E-state index is 0. The number of hydrogen-bond acceptors (Lipinski definition) is 3. The number of nitrogens with zero attached hydrogens (tertiary/aromatic N) is 2. The number of benzene rings is 1. The minimum atomic E-state index is 0. The van der Waals surface area contributed by atoms with Crippen molar-refractivity contribution < 1.29 is 4.74 Å². The Bertz CT molecular complexity index is 521. The molecule has 1 saturated heterocycles. The van der Waals surface area contributed by atoms with Crippen LogP contribution < -0.4 is 11.1 Å². The molecule has 5 nitrogen and oxygen atoms in total. The van der Waals surface area contributed by atoms with Crippen LogP contribution in [-0.4, -0.2) is 44.1 Å². The van der Waals surface area contributed by atoms with Crippen LogP contribution in [0.2, 0.25) is 0 Å². The second-order valence-electron chi connectivity index (χ2n) is 6.75. The first-order valence-electron chi connectivity index (χ1n) is 8.44. The van der Waals surface area contributed by atoms with E-state index in [1.807, 2.05) is 24.3 Å². The van der Waals surface area contributed by atoms with E-state index in [0.717, 1.165) is 30.3 Å². The number of guanidine groups is 1. The number of rotatable bonds is 7. The average Bonchev–Trinajstić information content (AvgIpc) is 2.94. The molecular formula is C18H31IN4O. The van der Waals surface area contributed by atoms with Gasteiger partial charge in [0.05, 0.1) is 6.61 Å². The van der Waals surface area contributed by atoms with Gasteiger partial charge in [-0.25, -0.2) is 0 Å². The number of para-hydroxylation sites is 1. The molecule has 0 bridgehead atoms. The van der Waals surface area contributed by atoms with Crippen LogP contribution in [0.5, 0.6) is 0 Å². The smallest absolute Gasteiger partial charge is 0.193 e. The van der Waals surface area contributed by atoms with E-state index >= 15 is 0 Å². The molecule has 2 rings (SSSR count). The van der Waals surface area contributed by atoms with Crippen LogP contribution in [0.3, 0.4) is 0 Å². The highest BCUT2D eigenvalue weighted by Gasteiger charge is 2.22. The second-order valence-corrected chi connectivity index (χ2v) is 6.75. The molecule has 0 aromatic heterocycles. The lowest BCUT2D eigenvalue weighted by molar-refractivity contribution is 0.185. The lowest BCUT2D eigenvalue weighted by Gasteiger charge is -2.17. The highest BCUT2D eigenvalue weighted by atomic mass is 127. The number of aliphatic imine (C=N–C) groups is 1. The zero-order chi connectivity index (χ0) is 16.7. The molecule has 1 aliphatic rings. The summed E-state index contributed by atoms with van der Waals surface area (Å²) in [5.74, 6) is 1.82. The number of anilines is 1. The fraction of sp³-hybridized carbons (Fsp3) is 0.611. The number of nitrogens with one attached hydrogen (secondary N) is 1. The number of nitrogens with two attached hydrogens (primary N) is 1. The number of ether oxygens (including phenoxy) is 1. The third-order valence-electron chi connectivity index (χ3n) is 4.09. The van der Waals surface area contributed by atoms with Gasteiger partial charge in [-0.15, -0.1) is 24.0 Å². The molecule has 1 atom stereocenters. The first-order chi connectivity index (χ1) is 11.1. The van der Waals surface area contributed by atoms with Crippen molar-refractivity contribution in [3.05, 3.63) is 29.8 Å². The summed E-state index contributed by atoms with van der Waals surface area (Å²) in [5, 5.41) is 3.20. The molecule has 1 fully saturated rings. The Hall–Kier alpha value is -0.860. The Morgan fingerprint density at radius 2 is 2.17 bits per heavy atom. The summed E-state index contributed by atoms with van der Waals surface area (Å²) in [6.45, 7) is 9.38. The van der Waals surface area contributed by atoms with Crippen molar-refractivity contribution in [3.63, 3.8) is 0 Å². The van der Waals surface area contributed by atoms with Gasteiger partial charge in [-0.2, -0.15) is 0 Å². The van der Waals surface area contributed by atoms with E-state index in [2.05, 4.69) is 29.1 Å². The second kappa shape index (κ2) is 10.9. The molecular weight excluding hydrogens is 415 g/mol. The number of likely N-dealkylation sites (tertiary alicyclic amines) is 1. The predicted molar refractivity (Wildman–Crippen MR) is 112 cm³/mol. The zero-order valence-corrected chi connectivity index (χ0v) is 17.3. The first kappa shape index (κ1) is 21.2. The molecule has 6 heteroatoms. The monoisotopic (exact) mass is 446 g/mol. The van der Waals surface area contributed by atoms with Crippen LogP contribution in [0.15, 0.2) is 29.3 Å². The Labute approximate surface area is 163 Å². The molecule has 0 saturated carbocycles. The summed E-state index contributed by atoms with van der Waals surface area (Å²) in [6, 6.07) is 8.00. The van der Waals surface area contributed by atoms with Crippen molar-refractivity contribution in [1.82, 2.24) is 4.90 Å². The maximum Gasteiger partial charge on any atom is 0.193 e. The lowest BCUT2D eigenvalue weighted by atomic mass is 10.1. The Morgan fingerprint density at radius 3 is 2.88 bits per heavy atom. The largest absolute Gasteiger partial charge is 0.380 e. The van der Waals surface area contributed by atoms with Gasteiger partial charge in [0.1, 0.15) is 0 Å². The summed E-state index contributed by atoms with van der Waals surface area (Å²) >= 11 is 0. The first-order valence-corrected chi connectivity index (χ1v) is 8.44. The summed E-state index contributed by atoms with van der Waals surface area (Å²) in [7, 11) is 1.69. The molecule has 0 radical (unpaired) electrons. The van der Waals surface area contributed by atoms with Gasteiger partial charge in [0.25, 0.3) is 0 Å². The van der Waals surface area contributed by atoms with E-state index in [-0.39, 0.29) is 24.0 Å². The molecule has 1 aromatic rings. The SMILES string of the molecule is COCc1ccccc1NC(N)=NCC1CCN(CC(C)C)C1.I. The minimum Gasteiger partial charge on any atom is -0.380 e. The predicted octanol–water partition coefficient (Wildman–Crippen LogP) is 3.16. The Morgan fingerprint density at radius 1 is 1.42 bits per heavy atom. The molecule has 0 spiro atoms. The number of halogens is 1. The molecule has 1 aromatic carbocycles. The van der Waals surface area contributed by atoms with E-state index in [0.29, 0.717) is 18.5 Å². The number of methoxy groups -OCH3 is 1. The quantitative estimate of drug-likeness (QED) is 0.384. The average molecular weight is 446 g/mol. The molecule has 0 amide bonds. The van der Waals surface area contributed by atoms with Crippen LogP contribution >= 0.6 is 24.0 Å². The summed E-state index contributed by atoms with van der Waals surface area (Å²) < 4.78 is 5.21. The third kappa shape index (κ3) is 6.94. The Balaban J connectivity index is 0.00000288. The van der Waals surface area contributed by atoms with Crippen LogP contribution in [0.4, 0.5) is 5.69 Å². The summed E-state index contributed by atoms with van der Waals surface area (Å²) in [4.78, 5) is 7.06. The van der Waals surface area contributed by atoms with Gasteiger partial charge in [-0.05, 0) is 30.9 Å². The van der Waals surface area contributed by atoms with Crippen molar-refractivity contribution >= 4 is 35.6 Å². The van der Waals surface area contributed by atoms with Crippen molar-refractivity contribution in [1.29, 1.82) is 0 Å². The lowest BCUT2D eigenvalue weighted by Crippen LogP contribution is -2.27. The van der Waals surface area contributed by atoms with E-state index in [9.17, 15) is 0 Å². The van der Waals surface area contributed by atoms with E-state index in [4.69, 9.17) is 10.5 Å². The van der Waals surface area contributed by atoms with Crippen molar-refractivity contribution in [2.24, 2.45) is 22.6 Å². The highest BCUT2D eigenvalue weighted by Crippen LogP contribution is 2.18. The molecule has 3 N–H and O–H groups in total. The summed E-state index contributed by atoms with van der Waals surface area (Å²) in [5.41, 5.74) is 8.09. The third-order valence-corrected chi connectivity index (χ3v) is 4.09. The van der Waals surface area contributed by atoms with Crippen molar-refractivity contribution in [2.75, 3.05) is 38.6 Å². The van der Waals surface area contributed by atoms with Gasteiger partial charge >= 0.3 is 0 Å². The van der Waals surface area contributed by atoms with Gasteiger partial charge < -0.3 is 20.7 Å². The van der Waals surface area contributed by atoms with Gasteiger partial charge in [0.15, 0.2) is 5.96 Å². The molecule has 0 aliphatic carbocycles. The molecule has 136 valence electrons. The normalized spacial score (nSPS) is 18.7. The fourth-order valence-electron chi connectivity index (χ4n) is 3.07. The highest BCUT2D eigenvalue weighted by molar-refractivity contribution is 14.0. The van der Waals surface area contributed by atoms with Gasteiger partial charge in [0.2, 0.25) is 0 Å². The molecule has 1 unspecified atom stereocenters. The van der Waals surface area contributed by atoms with Crippen molar-refractivity contribution in [3.8, 4) is 0 Å².